The second-order valence-electron chi connectivity index (χ2n) is 4.81. The van der Waals surface area contributed by atoms with E-state index in [4.69, 9.17) is 4.74 Å². The molecule has 0 atom stereocenters. The van der Waals surface area contributed by atoms with E-state index in [0.29, 0.717) is 0 Å². The largest absolute Gasteiger partial charge is 0.496 e. The van der Waals surface area contributed by atoms with Crippen molar-refractivity contribution >= 4 is 0 Å². The summed E-state index contributed by atoms with van der Waals surface area (Å²) in [5, 5.41) is 7.62. The molecule has 0 bridgehead atoms. The molecule has 19 heavy (non-hydrogen) atoms. The third kappa shape index (κ3) is 2.63. The number of benzene rings is 1. The maximum atomic E-state index is 5.50. The molecule has 1 aromatic heterocycles. The summed E-state index contributed by atoms with van der Waals surface area (Å²) >= 11 is 0. The Morgan fingerprint density at radius 2 is 1.89 bits per heavy atom. The van der Waals surface area contributed by atoms with Gasteiger partial charge in [-0.15, -0.1) is 0 Å². The molecule has 1 aromatic carbocycles. The van der Waals surface area contributed by atoms with Crippen molar-refractivity contribution in [2.45, 2.75) is 20.4 Å². The molecule has 0 saturated carbocycles. The van der Waals surface area contributed by atoms with Crippen LogP contribution in [0.5, 0.6) is 5.75 Å². The van der Waals surface area contributed by atoms with E-state index in [1.54, 1.807) is 7.11 Å². The van der Waals surface area contributed by atoms with E-state index in [1.807, 2.05) is 18.8 Å². The summed E-state index contributed by atoms with van der Waals surface area (Å²) in [6.45, 7) is 4.97. The summed E-state index contributed by atoms with van der Waals surface area (Å²) in [4.78, 5) is 0. The highest BCUT2D eigenvalue weighted by Crippen LogP contribution is 2.32. The second-order valence-corrected chi connectivity index (χ2v) is 4.81. The minimum absolute atomic E-state index is 0.765. The fraction of sp³-hybridized carbons (Fsp3) is 0.400. The molecular formula is C15H21N3O. The van der Waals surface area contributed by atoms with Crippen LogP contribution in [0.4, 0.5) is 0 Å². The number of hydrogen-bond acceptors (Lipinski definition) is 3. The number of ether oxygens (including phenoxy) is 1. The molecule has 0 radical (unpaired) electrons. The van der Waals surface area contributed by atoms with Gasteiger partial charge < -0.3 is 10.1 Å². The first-order valence-electron chi connectivity index (χ1n) is 6.40. The van der Waals surface area contributed by atoms with Gasteiger partial charge in [-0.25, -0.2) is 0 Å². The maximum absolute atomic E-state index is 5.50. The van der Waals surface area contributed by atoms with Crippen LogP contribution in [0.2, 0.25) is 0 Å². The molecule has 0 fully saturated rings. The Balaban J connectivity index is 2.54. The highest BCUT2D eigenvalue weighted by Gasteiger charge is 2.13. The molecule has 102 valence electrons. The minimum Gasteiger partial charge on any atom is -0.496 e. The van der Waals surface area contributed by atoms with Gasteiger partial charge in [-0.05, 0) is 50.2 Å². The molecule has 0 unspecified atom stereocenters. The monoisotopic (exact) mass is 259 g/mol. The third-order valence-electron chi connectivity index (χ3n) is 3.38. The molecule has 2 aromatic rings. The average Bonchev–Trinajstić information content (AvgIpc) is 2.73. The van der Waals surface area contributed by atoms with Crippen LogP contribution >= 0.6 is 0 Å². The van der Waals surface area contributed by atoms with E-state index < -0.39 is 0 Å². The summed E-state index contributed by atoms with van der Waals surface area (Å²) in [6, 6.07) is 6.34. The molecule has 0 aliphatic rings. The third-order valence-corrected chi connectivity index (χ3v) is 3.38. The fourth-order valence-corrected chi connectivity index (χ4v) is 2.20. The fourth-order valence-electron chi connectivity index (χ4n) is 2.20. The van der Waals surface area contributed by atoms with Gasteiger partial charge in [0.15, 0.2) is 0 Å². The van der Waals surface area contributed by atoms with E-state index >= 15 is 0 Å². The van der Waals surface area contributed by atoms with E-state index in [1.165, 1.54) is 11.1 Å². The zero-order valence-electron chi connectivity index (χ0n) is 12.2. The van der Waals surface area contributed by atoms with Gasteiger partial charge in [0.1, 0.15) is 5.75 Å². The molecule has 0 spiro atoms. The molecule has 4 heteroatoms. The van der Waals surface area contributed by atoms with Crippen LogP contribution in [0, 0.1) is 13.8 Å². The van der Waals surface area contributed by atoms with E-state index in [0.717, 1.165) is 29.2 Å². The van der Waals surface area contributed by atoms with Gasteiger partial charge in [0.25, 0.3) is 0 Å². The number of nitrogens with one attached hydrogen (secondary N) is 1. The lowest BCUT2D eigenvalue weighted by Gasteiger charge is -2.11. The molecule has 1 N–H and O–H groups in total. The van der Waals surface area contributed by atoms with Crippen LogP contribution in [0.1, 0.15) is 16.8 Å². The zero-order valence-corrected chi connectivity index (χ0v) is 12.2. The van der Waals surface area contributed by atoms with Gasteiger partial charge in [0.05, 0.1) is 18.5 Å². The molecule has 1 heterocycles. The summed E-state index contributed by atoms with van der Waals surface area (Å²) in [5.74, 6) is 0.891. The summed E-state index contributed by atoms with van der Waals surface area (Å²) < 4.78 is 7.41. The van der Waals surface area contributed by atoms with Crippen molar-refractivity contribution in [2.24, 2.45) is 7.05 Å². The normalized spacial score (nSPS) is 10.8. The van der Waals surface area contributed by atoms with Crippen molar-refractivity contribution in [2.75, 3.05) is 14.2 Å². The molecule has 0 aliphatic carbocycles. The lowest BCUT2D eigenvalue weighted by molar-refractivity contribution is 0.415. The molecule has 0 amide bonds. The lowest BCUT2D eigenvalue weighted by Crippen LogP contribution is -2.05. The predicted octanol–water partition coefficient (Wildman–Crippen LogP) is 2.43. The van der Waals surface area contributed by atoms with E-state index in [2.05, 4.69) is 42.5 Å². The van der Waals surface area contributed by atoms with Crippen molar-refractivity contribution in [1.29, 1.82) is 0 Å². The van der Waals surface area contributed by atoms with Crippen molar-refractivity contribution < 1.29 is 4.74 Å². The zero-order chi connectivity index (χ0) is 14.0. The molecule has 2 rings (SSSR count). The van der Waals surface area contributed by atoms with Crippen LogP contribution < -0.4 is 10.1 Å². The Kier molecular flexibility index (Phi) is 3.90. The highest BCUT2D eigenvalue weighted by atomic mass is 16.5. The van der Waals surface area contributed by atoms with Crippen molar-refractivity contribution in [1.82, 2.24) is 15.1 Å². The first kappa shape index (κ1) is 13.6. The van der Waals surface area contributed by atoms with Gasteiger partial charge in [0, 0.05) is 19.2 Å². The van der Waals surface area contributed by atoms with E-state index in [-0.39, 0.29) is 0 Å². The Bertz CT molecular complexity index is 587. The van der Waals surface area contributed by atoms with Gasteiger partial charge in [-0.1, -0.05) is 0 Å². The summed E-state index contributed by atoms with van der Waals surface area (Å²) in [7, 11) is 5.59. The first-order chi connectivity index (χ1) is 9.06. The maximum Gasteiger partial charge on any atom is 0.128 e. The summed E-state index contributed by atoms with van der Waals surface area (Å²) in [6.07, 6.45) is 0. The number of rotatable bonds is 4. The first-order valence-corrected chi connectivity index (χ1v) is 6.40. The highest BCUT2D eigenvalue weighted by molar-refractivity contribution is 5.69. The minimum atomic E-state index is 0.765. The lowest BCUT2D eigenvalue weighted by atomic mass is 10.0. The second kappa shape index (κ2) is 5.45. The average molecular weight is 259 g/mol. The summed E-state index contributed by atoms with van der Waals surface area (Å²) in [5.41, 5.74) is 5.68. The van der Waals surface area contributed by atoms with Crippen molar-refractivity contribution in [3.05, 3.63) is 35.0 Å². The van der Waals surface area contributed by atoms with E-state index in [9.17, 15) is 0 Å². The number of hydrogen-bond donors (Lipinski definition) is 1. The molecular weight excluding hydrogens is 238 g/mol. The standard InChI is InChI=1S/C15H21N3O/c1-10-6-13(15(19-5)7-11(10)2)14-8-12(9-16-3)17-18(14)4/h6-8,16H,9H2,1-5H3. The molecule has 0 aliphatic heterocycles. The van der Waals surface area contributed by atoms with Crippen LogP contribution in [-0.2, 0) is 13.6 Å². The number of aromatic nitrogens is 2. The Labute approximate surface area is 114 Å². The quantitative estimate of drug-likeness (QED) is 0.916. The van der Waals surface area contributed by atoms with Crippen LogP contribution in [0.3, 0.4) is 0 Å². The van der Waals surface area contributed by atoms with Gasteiger partial charge >= 0.3 is 0 Å². The Morgan fingerprint density at radius 3 is 2.53 bits per heavy atom. The van der Waals surface area contributed by atoms with Crippen LogP contribution in [0.15, 0.2) is 18.2 Å². The number of aryl methyl sites for hydroxylation is 3. The van der Waals surface area contributed by atoms with Crippen LogP contribution in [0.25, 0.3) is 11.3 Å². The predicted molar refractivity (Wildman–Crippen MR) is 77.4 cm³/mol. The van der Waals surface area contributed by atoms with Gasteiger partial charge in [0.2, 0.25) is 0 Å². The number of methoxy groups -OCH3 is 1. The Morgan fingerprint density at radius 1 is 1.21 bits per heavy atom. The molecule has 0 saturated heterocycles. The number of nitrogens with zero attached hydrogens (tertiary/aromatic N) is 2. The van der Waals surface area contributed by atoms with Crippen molar-refractivity contribution in [3.8, 4) is 17.0 Å². The topological polar surface area (TPSA) is 39.1 Å². The smallest absolute Gasteiger partial charge is 0.128 e. The Hall–Kier alpha value is -1.81. The van der Waals surface area contributed by atoms with Gasteiger partial charge in [-0.3, -0.25) is 4.68 Å². The SMILES string of the molecule is CNCc1cc(-c2cc(C)c(C)cc2OC)n(C)n1. The molecule has 4 nitrogen and oxygen atoms in total. The van der Waals surface area contributed by atoms with Crippen molar-refractivity contribution in [3.63, 3.8) is 0 Å². The van der Waals surface area contributed by atoms with Crippen LogP contribution in [-0.4, -0.2) is 23.9 Å². The van der Waals surface area contributed by atoms with Gasteiger partial charge in [-0.2, -0.15) is 5.10 Å².